The maximum atomic E-state index is 12.2. The summed E-state index contributed by atoms with van der Waals surface area (Å²) in [6.45, 7) is 3.52. The Morgan fingerprint density at radius 2 is 2.04 bits per heavy atom. The van der Waals surface area contributed by atoms with Gasteiger partial charge in [0.1, 0.15) is 0 Å². The van der Waals surface area contributed by atoms with Crippen molar-refractivity contribution in [3.63, 3.8) is 0 Å². The van der Waals surface area contributed by atoms with Crippen LogP contribution < -0.4 is 5.56 Å². The largest absolute Gasteiger partial charge is 0.297 e. The molecular formula is C21H24N6O. The molecule has 0 amide bonds. The Labute approximate surface area is 163 Å². The van der Waals surface area contributed by atoms with Crippen molar-refractivity contribution in [2.24, 2.45) is 5.92 Å². The van der Waals surface area contributed by atoms with E-state index in [0.717, 1.165) is 43.7 Å². The maximum absolute atomic E-state index is 12.2. The van der Waals surface area contributed by atoms with E-state index in [0.29, 0.717) is 12.5 Å². The Morgan fingerprint density at radius 1 is 1.14 bits per heavy atom. The lowest BCUT2D eigenvalue weighted by molar-refractivity contribution is 0.0752. The van der Waals surface area contributed by atoms with Gasteiger partial charge < -0.3 is 0 Å². The van der Waals surface area contributed by atoms with Crippen LogP contribution in [0.15, 0.2) is 41.5 Å². The molecular weight excluding hydrogens is 352 g/mol. The molecule has 2 aliphatic rings. The number of aromatic amines is 1. The number of aryl methyl sites for hydroxylation is 1. The van der Waals surface area contributed by atoms with Crippen LogP contribution in [0.3, 0.4) is 0 Å². The number of pyridine rings is 1. The van der Waals surface area contributed by atoms with Gasteiger partial charge in [0.15, 0.2) is 0 Å². The lowest BCUT2D eigenvalue weighted by Gasteiger charge is -2.39. The normalized spacial score (nSPS) is 17.3. The second-order valence-corrected chi connectivity index (χ2v) is 7.88. The van der Waals surface area contributed by atoms with E-state index in [2.05, 4.69) is 25.2 Å². The zero-order valence-corrected chi connectivity index (χ0v) is 15.8. The summed E-state index contributed by atoms with van der Waals surface area (Å²) >= 11 is 0. The van der Waals surface area contributed by atoms with Gasteiger partial charge in [-0.3, -0.25) is 19.8 Å². The number of likely N-dealkylation sites (tertiary alicyclic amines) is 1. The molecule has 0 atom stereocenters. The first-order valence-electron chi connectivity index (χ1n) is 10.0. The monoisotopic (exact) mass is 376 g/mol. The molecule has 0 bridgehead atoms. The van der Waals surface area contributed by atoms with Gasteiger partial charge in [0, 0.05) is 55.3 Å². The summed E-state index contributed by atoms with van der Waals surface area (Å²) in [7, 11) is 0. The Bertz CT molecular complexity index is 1020. The predicted molar refractivity (Wildman–Crippen MR) is 106 cm³/mol. The average Bonchev–Trinajstić information content (AvgIpc) is 3.11. The summed E-state index contributed by atoms with van der Waals surface area (Å²) in [6.07, 6.45) is 8.32. The molecule has 144 valence electrons. The van der Waals surface area contributed by atoms with Crippen LogP contribution in [-0.4, -0.2) is 43.0 Å². The first-order valence-corrected chi connectivity index (χ1v) is 10.0. The molecule has 0 unspecified atom stereocenters. The third kappa shape index (κ3) is 3.38. The van der Waals surface area contributed by atoms with Gasteiger partial charge in [0.2, 0.25) is 0 Å². The lowest BCUT2D eigenvalue weighted by atomic mass is 9.94. The van der Waals surface area contributed by atoms with Gasteiger partial charge in [0.05, 0.1) is 17.9 Å². The van der Waals surface area contributed by atoms with Crippen LogP contribution in [0.2, 0.25) is 0 Å². The average molecular weight is 376 g/mol. The fraction of sp³-hybridized carbons (Fsp3) is 0.429. The van der Waals surface area contributed by atoms with Crippen molar-refractivity contribution in [3.05, 3.63) is 64.0 Å². The number of hydrogen-bond donors (Lipinski definition) is 1. The number of rotatable bonds is 5. The van der Waals surface area contributed by atoms with E-state index in [1.807, 2.05) is 12.1 Å². The highest BCUT2D eigenvalue weighted by Crippen LogP contribution is 2.26. The summed E-state index contributed by atoms with van der Waals surface area (Å²) < 4.78 is 1.60. The Morgan fingerprint density at radius 3 is 2.89 bits per heavy atom. The van der Waals surface area contributed by atoms with Gasteiger partial charge in [-0.25, -0.2) is 4.68 Å². The van der Waals surface area contributed by atoms with Crippen LogP contribution in [0, 0.1) is 5.92 Å². The molecule has 1 N–H and O–H groups in total. The van der Waals surface area contributed by atoms with E-state index in [4.69, 9.17) is 0 Å². The van der Waals surface area contributed by atoms with Crippen molar-refractivity contribution in [1.29, 1.82) is 0 Å². The molecule has 28 heavy (non-hydrogen) atoms. The Hall–Kier alpha value is -2.80. The van der Waals surface area contributed by atoms with Gasteiger partial charge in [-0.1, -0.05) is 0 Å². The fourth-order valence-electron chi connectivity index (χ4n) is 4.31. The molecule has 5 rings (SSSR count). The fourth-order valence-corrected chi connectivity index (χ4v) is 4.31. The topological polar surface area (TPSA) is 79.7 Å². The number of nitrogens with one attached hydrogen (secondary N) is 1. The van der Waals surface area contributed by atoms with Crippen LogP contribution in [0.5, 0.6) is 0 Å². The van der Waals surface area contributed by atoms with Gasteiger partial charge in [-0.05, 0) is 49.4 Å². The van der Waals surface area contributed by atoms with Crippen LogP contribution in [-0.2, 0) is 25.9 Å². The van der Waals surface area contributed by atoms with E-state index < -0.39 is 0 Å². The summed E-state index contributed by atoms with van der Waals surface area (Å²) in [5.41, 5.74) is 5.65. The smallest absolute Gasteiger partial charge is 0.266 e. The number of hydrogen-bond acceptors (Lipinski definition) is 5. The minimum absolute atomic E-state index is 0.0486. The van der Waals surface area contributed by atoms with Crippen LogP contribution >= 0.6 is 0 Å². The number of H-pyrrole nitrogens is 1. The summed E-state index contributed by atoms with van der Waals surface area (Å²) in [6, 6.07) is 7.20. The summed E-state index contributed by atoms with van der Waals surface area (Å²) in [5.74, 6) is 0.448. The third-order valence-corrected chi connectivity index (χ3v) is 5.80. The van der Waals surface area contributed by atoms with Crippen LogP contribution in [0.4, 0.5) is 0 Å². The molecule has 7 nitrogen and oxygen atoms in total. The molecule has 1 aliphatic heterocycles. The van der Waals surface area contributed by atoms with Crippen molar-refractivity contribution in [2.75, 3.05) is 13.1 Å². The molecule has 1 saturated heterocycles. The van der Waals surface area contributed by atoms with Crippen molar-refractivity contribution in [2.45, 2.75) is 38.8 Å². The standard InChI is InChI=1S/C21H24N6O/c28-21-8-7-18(16-4-3-9-22-10-16)25-27(21)13-15-11-26(12-15)14-20-17-5-1-2-6-19(17)23-24-20/h3-4,7-10,15H,1-2,5-6,11-14H2,(H,23,24). The van der Waals surface area contributed by atoms with E-state index >= 15 is 0 Å². The minimum atomic E-state index is -0.0486. The predicted octanol–water partition coefficient (Wildman–Crippen LogP) is 2.04. The van der Waals surface area contributed by atoms with Crippen molar-refractivity contribution >= 4 is 0 Å². The zero-order chi connectivity index (χ0) is 18.9. The molecule has 0 saturated carbocycles. The van der Waals surface area contributed by atoms with Crippen molar-refractivity contribution in [3.8, 4) is 11.3 Å². The van der Waals surface area contributed by atoms with Gasteiger partial charge >= 0.3 is 0 Å². The Balaban J connectivity index is 1.22. The van der Waals surface area contributed by atoms with Gasteiger partial charge in [-0.2, -0.15) is 10.2 Å². The molecule has 0 spiro atoms. The van der Waals surface area contributed by atoms with Gasteiger partial charge in [0.25, 0.3) is 5.56 Å². The van der Waals surface area contributed by atoms with Crippen LogP contribution in [0.1, 0.15) is 29.8 Å². The van der Waals surface area contributed by atoms with Gasteiger partial charge in [-0.15, -0.1) is 0 Å². The molecule has 0 aromatic carbocycles. The van der Waals surface area contributed by atoms with Crippen molar-refractivity contribution in [1.82, 2.24) is 29.9 Å². The SMILES string of the molecule is O=c1ccc(-c2cccnc2)nn1CC1CN(Cc2n[nH]c3c2CCCC3)C1. The highest BCUT2D eigenvalue weighted by Gasteiger charge is 2.29. The highest BCUT2D eigenvalue weighted by molar-refractivity contribution is 5.56. The second-order valence-electron chi connectivity index (χ2n) is 7.88. The molecule has 3 aromatic heterocycles. The highest BCUT2D eigenvalue weighted by atomic mass is 16.1. The molecule has 7 heteroatoms. The number of fused-ring (bicyclic) bond motifs is 1. The number of aromatic nitrogens is 5. The molecule has 0 radical (unpaired) electrons. The zero-order valence-electron chi connectivity index (χ0n) is 15.8. The summed E-state index contributed by atoms with van der Waals surface area (Å²) in [4.78, 5) is 18.8. The third-order valence-electron chi connectivity index (χ3n) is 5.80. The molecule has 1 aliphatic carbocycles. The summed E-state index contributed by atoms with van der Waals surface area (Å²) in [5, 5.41) is 12.3. The van der Waals surface area contributed by atoms with E-state index in [-0.39, 0.29) is 5.56 Å². The van der Waals surface area contributed by atoms with Crippen LogP contribution in [0.25, 0.3) is 11.3 Å². The van der Waals surface area contributed by atoms with Crippen molar-refractivity contribution < 1.29 is 0 Å². The van der Waals surface area contributed by atoms with E-state index in [1.165, 1.54) is 29.8 Å². The maximum Gasteiger partial charge on any atom is 0.266 e. The molecule has 4 heterocycles. The Kier molecular flexibility index (Phi) is 4.52. The first kappa shape index (κ1) is 17.3. The second kappa shape index (κ2) is 7.31. The first-order chi connectivity index (χ1) is 13.8. The van der Waals surface area contributed by atoms with E-state index in [9.17, 15) is 4.79 Å². The molecule has 3 aromatic rings. The lowest BCUT2D eigenvalue weighted by Crippen LogP contribution is -2.49. The molecule has 1 fully saturated rings. The minimum Gasteiger partial charge on any atom is -0.297 e. The van der Waals surface area contributed by atoms with E-state index in [1.54, 1.807) is 29.2 Å². The number of nitrogens with zero attached hydrogens (tertiary/aromatic N) is 5. The quantitative estimate of drug-likeness (QED) is 0.737.